The third-order valence-corrected chi connectivity index (χ3v) is 8.21. The van der Waals surface area contributed by atoms with Crippen molar-refractivity contribution in [3.63, 3.8) is 0 Å². The largest absolute Gasteiger partial charge is 0.451 e. The molecule has 9 nitrogen and oxygen atoms in total. The van der Waals surface area contributed by atoms with Gasteiger partial charge in [-0.25, -0.2) is 16.8 Å². The monoisotopic (exact) mass is 460 g/mol. The lowest BCUT2D eigenvalue weighted by Crippen LogP contribution is -2.49. The molecule has 0 spiro atoms. The number of carbonyl (C=O) groups excluding carboxylic acids is 2. The van der Waals surface area contributed by atoms with Gasteiger partial charge in [-0.3, -0.25) is 9.59 Å². The standard InChI is InChI=1S/C19H28N2O7S2/c1-13(2)17(20-30(26,27)16-8-6-5-7-9-16)19(23)28-14(3)18(22)21(4)15-10-11-29(24,25)12-15/h5-9,13-15,17,20H,10-12H2,1-4H3/t14-,15-,17+/m0/s1. The number of sulfone groups is 1. The number of hydrogen-bond donors (Lipinski definition) is 1. The van der Waals surface area contributed by atoms with E-state index in [1.165, 1.54) is 31.0 Å². The molecule has 0 aliphatic carbocycles. The van der Waals surface area contributed by atoms with Crippen LogP contribution in [0.3, 0.4) is 0 Å². The number of ether oxygens (including phenoxy) is 1. The van der Waals surface area contributed by atoms with Crippen LogP contribution in [0.2, 0.25) is 0 Å². The summed E-state index contributed by atoms with van der Waals surface area (Å²) in [5.41, 5.74) is 0. The van der Waals surface area contributed by atoms with Gasteiger partial charge in [-0.1, -0.05) is 32.0 Å². The van der Waals surface area contributed by atoms with Crippen LogP contribution in [-0.4, -0.2) is 70.4 Å². The summed E-state index contributed by atoms with van der Waals surface area (Å²) >= 11 is 0. The van der Waals surface area contributed by atoms with Crippen molar-refractivity contribution >= 4 is 31.7 Å². The number of nitrogens with zero attached hydrogens (tertiary/aromatic N) is 1. The zero-order valence-electron chi connectivity index (χ0n) is 17.4. The molecule has 2 rings (SSSR count). The summed E-state index contributed by atoms with van der Waals surface area (Å²) in [4.78, 5) is 26.5. The maximum atomic E-state index is 12.6. The van der Waals surface area contributed by atoms with Gasteiger partial charge in [0.2, 0.25) is 10.0 Å². The minimum Gasteiger partial charge on any atom is -0.451 e. The molecule has 0 saturated carbocycles. The molecule has 1 aliphatic heterocycles. The van der Waals surface area contributed by atoms with Crippen LogP contribution in [0.1, 0.15) is 27.2 Å². The number of hydrogen-bond acceptors (Lipinski definition) is 7. The van der Waals surface area contributed by atoms with Crippen molar-refractivity contribution in [1.82, 2.24) is 9.62 Å². The number of likely N-dealkylation sites (N-methyl/N-ethyl adjacent to an activating group) is 1. The normalized spacial score (nSPS) is 20.5. The van der Waals surface area contributed by atoms with E-state index in [4.69, 9.17) is 4.74 Å². The summed E-state index contributed by atoms with van der Waals surface area (Å²) in [7, 11) is -5.66. The molecular formula is C19H28N2O7S2. The van der Waals surface area contributed by atoms with E-state index in [-0.39, 0.29) is 16.4 Å². The van der Waals surface area contributed by atoms with Gasteiger partial charge in [-0.2, -0.15) is 4.72 Å². The van der Waals surface area contributed by atoms with Crippen LogP contribution in [0, 0.1) is 5.92 Å². The van der Waals surface area contributed by atoms with Gasteiger partial charge in [0, 0.05) is 13.1 Å². The van der Waals surface area contributed by atoms with E-state index in [2.05, 4.69) is 4.72 Å². The van der Waals surface area contributed by atoms with Gasteiger partial charge < -0.3 is 9.64 Å². The zero-order chi connectivity index (χ0) is 22.7. The average molecular weight is 461 g/mol. The molecule has 1 saturated heterocycles. The maximum absolute atomic E-state index is 12.6. The first-order valence-electron chi connectivity index (χ1n) is 9.59. The highest BCUT2D eigenvalue weighted by Gasteiger charge is 2.36. The van der Waals surface area contributed by atoms with Crippen LogP contribution in [0.25, 0.3) is 0 Å². The summed E-state index contributed by atoms with van der Waals surface area (Å²) in [5, 5.41) is 0. The first kappa shape index (κ1) is 24.3. The maximum Gasteiger partial charge on any atom is 0.325 e. The minimum atomic E-state index is -3.96. The number of sulfonamides is 1. The topological polar surface area (TPSA) is 127 Å². The highest BCUT2D eigenvalue weighted by Crippen LogP contribution is 2.18. The number of rotatable bonds is 8. The van der Waals surface area contributed by atoms with Crippen molar-refractivity contribution < 1.29 is 31.2 Å². The van der Waals surface area contributed by atoms with Crippen LogP contribution in [-0.2, 0) is 34.2 Å². The predicted molar refractivity (Wildman–Crippen MR) is 111 cm³/mol. The Morgan fingerprint density at radius 1 is 1.17 bits per heavy atom. The number of amides is 1. The quantitative estimate of drug-likeness (QED) is 0.562. The molecule has 30 heavy (non-hydrogen) atoms. The van der Waals surface area contributed by atoms with Crippen molar-refractivity contribution in [1.29, 1.82) is 0 Å². The lowest BCUT2D eigenvalue weighted by molar-refractivity contribution is -0.161. The third-order valence-electron chi connectivity index (χ3n) is 5.00. The fourth-order valence-corrected chi connectivity index (χ4v) is 6.27. The molecule has 1 aliphatic rings. The molecule has 1 amide bonds. The highest BCUT2D eigenvalue weighted by molar-refractivity contribution is 7.91. The van der Waals surface area contributed by atoms with Gasteiger partial charge in [-0.05, 0) is 31.4 Å². The van der Waals surface area contributed by atoms with E-state index in [0.717, 1.165) is 0 Å². The number of esters is 1. The van der Waals surface area contributed by atoms with Crippen LogP contribution in [0.5, 0.6) is 0 Å². The Bertz CT molecular complexity index is 975. The SMILES string of the molecule is CC(C)[C@@H](NS(=O)(=O)c1ccccc1)C(=O)O[C@@H](C)C(=O)N(C)[C@H]1CCS(=O)(=O)C1. The van der Waals surface area contributed by atoms with Gasteiger partial charge in [0.25, 0.3) is 5.91 Å². The first-order chi connectivity index (χ1) is 13.8. The summed E-state index contributed by atoms with van der Waals surface area (Å²) in [6.07, 6.45) is -0.857. The predicted octanol–water partition coefficient (Wildman–Crippen LogP) is 0.567. The minimum absolute atomic E-state index is 0.00903. The zero-order valence-corrected chi connectivity index (χ0v) is 19.1. The van der Waals surface area contributed by atoms with Crippen LogP contribution >= 0.6 is 0 Å². The van der Waals surface area contributed by atoms with Crippen molar-refractivity contribution in [3.8, 4) is 0 Å². The van der Waals surface area contributed by atoms with Gasteiger partial charge in [0.05, 0.1) is 16.4 Å². The van der Waals surface area contributed by atoms with Crippen LogP contribution in [0.15, 0.2) is 35.2 Å². The number of benzene rings is 1. The van der Waals surface area contributed by atoms with E-state index in [9.17, 15) is 26.4 Å². The lowest BCUT2D eigenvalue weighted by Gasteiger charge is -2.28. The van der Waals surface area contributed by atoms with Crippen LogP contribution in [0.4, 0.5) is 0 Å². The Morgan fingerprint density at radius 2 is 1.77 bits per heavy atom. The second kappa shape index (κ2) is 9.44. The molecule has 0 aromatic heterocycles. The highest BCUT2D eigenvalue weighted by atomic mass is 32.2. The van der Waals surface area contributed by atoms with E-state index >= 15 is 0 Å². The Labute approximate surface area is 177 Å². The van der Waals surface area contributed by atoms with Crippen molar-refractivity contribution in [2.45, 2.75) is 50.3 Å². The Kier molecular flexibility index (Phi) is 7.64. The Morgan fingerprint density at radius 3 is 2.27 bits per heavy atom. The van der Waals surface area contributed by atoms with Crippen molar-refractivity contribution in [3.05, 3.63) is 30.3 Å². The van der Waals surface area contributed by atoms with Gasteiger partial charge in [-0.15, -0.1) is 0 Å². The fourth-order valence-electron chi connectivity index (χ4n) is 3.14. The smallest absolute Gasteiger partial charge is 0.325 e. The van der Waals surface area contributed by atoms with Gasteiger partial charge in [0.1, 0.15) is 6.04 Å². The second-order valence-corrected chi connectivity index (χ2v) is 11.7. The summed E-state index contributed by atoms with van der Waals surface area (Å²) < 4.78 is 56.0. The molecule has 0 unspecified atom stereocenters. The molecule has 168 valence electrons. The van der Waals surface area contributed by atoms with E-state index < -0.39 is 55.8 Å². The third kappa shape index (κ3) is 6.02. The molecule has 1 N–H and O–H groups in total. The van der Waals surface area contributed by atoms with Crippen molar-refractivity contribution in [2.24, 2.45) is 5.92 Å². The number of nitrogens with one attached hydrogen (secondary N) is 1. The fraction of sp³-hybridized carbons (Fsp3) is 0.579. The summed E-state index contributed by atoms with van der Waals surface area (Å²) in [6, 6.07) is 5.95. The van der Waals surface area contributed by atoms with E-state index in [1.807, 2.05) is 0 Å². The molecule has 0 radical (unpaired) electrons. The van der Waals surface area contributed by atoms with E-state index in [1.54, 1.807) is 32.0 Å². The molecule has 1 aromatic carbocycles. The summed E-state index contributed by atoms with van der Waals surface area (Å²) in [5.74, 6) is -1.96. The summed E-state index contributed by atoms with van der Waals surface area (Å²) in [6.45, 7) is 4.69. The average Bonchev–Trinajstić information content (AvgIpc) is 3.05. The molecular weight excluding hydrogens is 432 g/mol. The number of carbonyl (C=O) groups is 2. The molecule has 1 heterocycles. The van der Waals surface area contributed by atoms with E-state index in [0.29, 0.717) is 6.42 Å². The lowest BCUT2D eigenvalue weighted by atomic mass is 10.1. The molecule has 1 aromatic rings. The van der Waals surface area contributed by atoms with Crippen molar-refractivity contribution in [2.75, 3.05) is 18.6 Å². The molecule has 11 heteroatoms. The van der Waals surface area contributed by atoms with Crippen LogP contribution < -0.4 is 4.72 Å². The van der Waals surface area contributed by atoms with Gasteiger partial charge >= 0.3 is 5.97 Å². The molecule has 3 atom stereocenters. The molecule has 0 bridgehead atoms. The second-order valence-electron chi connectivity index (χ2n) is 7.74. The Hall–Kier alpha value is -1.98. The first-order valence-corrected chi connectivity index (χ1v) is 12.9. The van der Waals surface area contributed by atoms with Gasteiger partial charge in [0.15, 0.2) is 15.9 Å². The Balaban J connectivity index is 2.06. The molecule has 1 fully saturated rings.